The lowest BCUT2D eigenvalue weighted by Gasteiger charge is -2.17. The first-order chi connectivity index (χ1) is 16.8. The van der Waals surface area contributed by atoms with Gasteiger partial charge in [-0.1, -0.05) is 36.9 Å². The van der Waals surface area contributed by atoms with Gasteiger partial charge in [-0.05, 0) is 41.8 Å². The first-order valence-electron chi connectivity index (χ1n) is 10.9. The molecule has 0 saturated carbocycles. The highest BCUT2D eigenvalue weighted by Crippen LogP contribution is 2.37. The molecule has 1 aromatic heterocycles. The molecule has 2 heterocycles. The van der Waals surface area contributed by atoms with Crippen LogP contribution in [-0.4, -0.2) is 38.2 Å². The molecule has 3 aromatic rings. The predicted octanol–water partition coefficient (Wildman–Crippen LogP) is 3.56. The zero-order chi connectivity index (χ0) is 25.0. The van der Waals surface area contributed by atoms with Crippen LogP contribution < -0.4 is 15.4 Å². The molecule has 10 heteroatoms. The van der Waals surface area contributed by atoms with Gasteiger partial charge in [-0.15, -0.1) is 11.3 Å². The zero-order valence-corrected chi connectivity index (χ0v) is 20.7. The predicted molar refractivity (Wildman–Crippen MR) is 135 cm³/mol. The number of anilines is 1. The van der Waals surface area contributed by atoms with Gasteiger partial charge in [-0.2, -0.15) is 4.31 Å². The molecule has 0 atom stereocenters. The summed E-state index contributed by atoms with van der Waals surface area (Å²) in [5, 5.41) is 6.21. The molecule has 8 nitrogen and oxygen atoms in total. The van der Waals surface area contributed by atoms with Crippen molar-refractivity contribution in [2.24, 2.45) is 0 Å². The SMILES string of the molecule is C=CC(=O)Nc1cc2c(s1)CN(S(=O)(=O)c1ccc(C(=O)NCCc3ccccc3)c(OC)c1)C2. The summed E-state index contributed by atoms with van der Waals surface area (Å²) in [7, 11) is -2.42. The lowest BCUT2D eigenvalue weighted by atomic mass is 10.1. The van der Waals surface area contributed by atoms with E-state index in [4.69, 9.17) is 4.74 Å². The lowest BCUT2D eigenvalue weighted by Crippen LogP contribution is -2.27. The number of thiophene rings is 1. The van der Waals surface area contributed by atoms with E-state index in [1.807, 2.05) is 30.3 Å². The maximum Gasteiger partial charge on any atom is 0.255 e. The summed E-state index contributed by atoms with van der Waals surface area (Å²) in [6.07, 6.45) is 1.86. The van der Waals surface area contributed by atoms with E-state index in [1.165, 1.54) is 47.0 Å². The number of ether oxygens (including phenoxy) is 1. The van der Waals surface area contributed by atoms with Gasteiger partial charge >= 0.3 is 0 Å². The van der Waals surface area contributed by atoms with E-state index in [0.717, 1.165) is 16.0 Å². The Morgan fingerprint density at radius 1 is 1.14 bits per heavy atom. The Balaban J connectivity index is 1.44. The molecule has 0 bridgehead atoms. The Kier molecular flexibility index (Phi) is 7.34. The molecule has 0 saturated heterocycles. The van der Waals surface area contributed by atoms with Crippen molar-refractivity contribution in [2.75, 3.05) is 19.0 Å². The first-order valence-corrected chi connectivity index (χ1v) is 13.1. The van der Waals surface area contributed by atoms with Crippen molar-refractivity contribution < 1.29 is 22.7 Å². The van der Waals surface area contributed by atoms with Crippen LogP contribution in [0.4, 0.5) is 5.00 Å². The smallest absolute Gasteiger partial charge is 0.255 e. The minimum absolute atomic E-state index is 0.0468. The van der Waals surface area contributed by atoms with Crippen LogP contribution in [0.2, 0.25) is 0 Å². The highest BCUT2D eigenvalue weighted by molar-refractivity contribution is 7.89. The number of amides is 2. The Labute approximate surface area is 208 Å². The number of carbonyl (C=O) groups is 2. The van der Waals surface area contributed by atoms with Crippen LogP contribution in [0, 0.1) is 0 Å². The quantitative estimate of drug-likeness (QED) is 0.428. The number of carbonyl (C=O) groups excluding carboxylic acids is 2. The first kappa shape index (κ1) is 24.6. The second-order valence-corrected chi connectivity index (χ2v) is 11.0. The highest BCUT2D eigenvalue weighted by Gasteiger charge is 2.33. The second-order valence-electron chi connectivity index (χ2n) is 7.88. The van der Waals surface area contributed by atoms with Crippen LogP contribution in [-0.2, 0) is 34.3 Å². The second kappa shape index (κ2) is 10.4. The van der Waals surface area contributed by atoms with Gasteiger partial charge in [-0.25, -0.2) is 8.42 Å². The van der Waals surface area contributed by atoms with Crippen LogP contribution in [0.15, 0.2) is 72.1 Å². The summed E-state index contributed by atoms with van der Waals surface area (Å²) in [6.45, 7) is 4.27. The summed E-state index contributed by atoms with van der Waals surface area (Å²) < 4.78 is 33.3. The minimum atomic E-state index is -3.82. The van der Waals surface area contributed by atoms with Gasteiger partial charge < -0.3 is 15.4 Å². The number of benzene rings is 2. The van der Waals surface area contributed by atoms with E-state index >= 15 is 0 Å². The van der Waals surface area contributed by atoms with E-state index in [0.29, 0.717) is 18.0 Å². The van der Waals surface area contributed by atoms with Crippen LogP contribution in [0.3, 0.4) is 0 Å². The molecular formula is C25H25N3O5S2. The van der Waals surface area contributed by atoms with E-state index < -0.39 is 10.0 Å². The molecule has 4 rings (SSSR count). The molecule has 1 aliphatic heterocycles. The number of methoxy groups -OCH3 is 1. The van der Waals surface area contributed by atoms with Crippen molar-refractivity contribution in [3.63, 3.8) is 0 Å². The molecular weight excluding hydrogens is 486 g/mol. The number of sulfonamides is 1. The van der Waals surface area contributed by atoms with Gasteiger partial charge in [0, 0.05) is 30.6 Å². The molecule has 0 fully saturated rings. The summed E-state index contributed by atoms with van der Waals surface area (Å²) in [6, 6.07) is 15.8. The van der Waals surface area contributed by atoms with Gasteiger partial charge in [0.25, 0.3) is 5.91 Å². The Morgan fingerprint density at radius 2 is 1.91 bits per heavy atom. The van der Waals surface area contributed by atoms with Crippen molar-refractivity contribution in [1.82, 2.24) is 9.62 Å². The fourth-order valence-corrected chi connectivity index (χ4v) is 6.35. The third-order valence-corrected chi connectivity index (χ3v) is 8.46. The fraction of sp³-hybridized carbons (Fsp3) is 0.200. The molecule has 0 aliphatic carbocycles. The maximum atomic E-state index is 13.3. The number of rotatable bonds is 9. The van der Waals surface area contributed by atoms with E-state index in [2.05, 4.69) is 17.2 Å². The van der Waals surface area contributed by atoms with Crippen molar-refractivity contribution in [3.8, 4) is 5.75 Å². The van der Waals surface area contributed by atoms with E-state index in [9.17, 15) is 18.0 Å². The zero-order valence-electron chi connectivity index (χ0n) is 19.1. The minimum Gasteiger partial charge on any atom is -0.496 e. The van der Waals surface area contributed by atoms with Crippen molar-refractivity contribution in [1.29, 1.82) is 0 Å². The van der Waals surface area contributed by atoms with Crippen molar-refractivity contribution >= 4 is 38.2 Å². The van der Waals surface area contributed by atoms with Gasteiger partial charge in [-0.3, -0.25) is 9.59 Å². The largest absolute Gasteiger partial charge is 0.496 e. The Bertz CT molecular complexity index is 1340. The highest BCUT2D eigenvalue weighted by atomic mass is 32.2. The Hall–Kier alpha value is -3.47. The molecule has 2 aromatic carbocycles. The lowest BCUT2D eigenvalue weighted by molar-refractivity contribution is -0.111. The monoisotopic (exact) mass is 511 g/mol. The van der Waals surface area contributed by atoms with Crippen LogP contribution in [0.25, 0.3) is 0 Å². The van der Waals surface area contributed by atoms with Crippen LogP contribution >= 0.6 is 11.3 Å². The molecule has 0 unspecified atom stereocenters. The average Bonchev–Trinajstić information content (AvgIpc) is 3.43. The molecule has 1 aliphatic rings. The summed E-state index contributed by atoms with van der Waals surface area (Å²) >= 11 is 1.34. The maximum absolute atomic E-state index is 13.3. The Morgan fingerprint density at radius 3 is 2.60 bits per heavy atom. The number of fused-ring (bicyclic) bond motifs is 1. The molecule has 35 heavy (non-hydrogen) atoms. The normalized spacial score (nSPS) is 13.2. The average molecular weight is 512 g/mol. The van der Waals surface area contributed by atoms with E-state index in [-0.39, 0.29) is 41.1 Å². The van der Waals surface area contributed by atoms with Gasteiger partial charge in [0.15, 0.2) is 0 Å². The fourth-order valence-electron chi connectivity index (χ4n) is 3.77. The standard InChI is InChI=1S/C25H25N3O5S2/c1-3-23(29)27-24-13-18-15-28(16-22(18)34-24)35(31,32)19-9-10-20(21(14-19)33-2)25(30)26-12-11-17-7-5-4-6-8-17/h3-10,13-14H,1,11-12,15-16H2,2H3,(H,26,30)(H,27,29). The van der Waals surface area contributed by atoms with Crippen LogP contribution in [0.5, 0.6) is 5.75 Å². The molecule has 2 N–H and O–H groups in total. The number of hydrogen-bond donors (Lipinski definition) is 2. The van der Waals surface area contributed by atoms with Crippen molar-refractivity contribution in [2.45, 2.75) is 24.4 Å². The number of hydrogen-bond acceptors (Lipinski definition) is 6. The summed E-state index contributed by atoms with van der Waals surface area (Å²) in [5.74, 6) is -0.462. The van der Waals surface area contributed by atoms with Gasteiger partial charge in [0.2, 0.25) is 15.9 Å². The molecule has 0 spiro atoms. The van der Waals surface area contributed by atoms with Crippen molar-refractivity contribution in [3.05, 3.63) is 88.8 Å². The van der Waals surface area contributed by atoms with Crippen LogP contribution in [0.1, 0.15) is 26.4 Å². The molecule has 2 amide bonds. The van der Waals surface area contributed by atoms with Gasteiger partial charge in [0.1, 0.15) is 5.75 Å². The topological polar surface area (TPSA) is 105 Å². The van der Waals surface area contributed by atoms with Gasteiger partial charge in [0.05, 0.1) is 22.6 Å². The third-order valence-electron chi connectivity index (χ3n) is 5.59. The third kappa shape index (κ3) is 5.45. The molecule has 0 radical (unpaired) electrons. The number of nitrogens with one attached hydrogen (secondary N) is 2. The molecule has 182 valence electrons. The number of nitrogens with zero attached hydrogens (tertiary/aromatic N) is 1. The summed E-state index contributed by atoms with van der Waals surface area (Å²) in [4.78, 5) is 25.1. The summed E-state index contributed by atoms with van der Waals surface area (Å²) in [5.41, 5.74) is 2.22. The van der Waals surface area contributed by atoms with E-state index in [1.54, 1.807) is 6.07 Å².